The van der Waals surface area contributed by atoms with Crippen molar-refractivity contribution in [1.82, 2.24) is 10.2 Å². The fourth-order valence-electron chi connectivity index (χ4n) is 2.96. The van der Waals surface area contributed by atoms with Crippen molar-refractivity contribution in [3.8, 4) is 5.75 Å². The summed E-state index contributed by atoms with van der Waals surface area (Å²) in [5.74, 6) is 0.416. The minimum Gasteiger partial charge on any atom is -0.496 e. The molecule has 1 atom stereocenters. The monoisotopic (exact) mass is 360 g/mol. The van der Waals surface area contributed by atoms with Crippen LogP contribution in [0.5, 0.6) is 5.75 Å². The summed E-state index contributed by atoms with van der Waals surface area (Å²) < 4.78 is 5.27. The van der Waals surface area contributed by atoms with Crippen molar-refractivity contribution in [1.29, 1.82) is 0 Å². The van der Waals surface area contributed by atoms with Crippen LogP contribution < -0.4 is 10.1 Å². The zero-order valence-corrected chi connectivity index (χ0v) is 15.7. The average molecular weight is 361 g/mol. The first-order valence-corrected chi connectivity index (χ1v) is 8.89. The van der Waals surface area contributed by atoms with Gasteiger partial charge in [0.05, 0.1) is 18.7 Å². The second-order valence-electron chi connectivity index (χ2n) is 5.67. The normalized spacial score (nSPS) is 12.0. The first-order valence-electron chi connectivity index (χ1n) is 8.52. The highest BCUT2D eigenvalue weighted by Crippen LogP contribution is 2.27. The molecule has 1 amide bonds. The van der Waals surface area contributed by atoms with E-state index in [1.807, 2.05) is 36.4 Å². The molecule has 1 N–H and O–H groups in total. The molecule has 0 fully saturated rings. The van der Waals surface area contributed by atoms with Gasteiger partial charge in [0.2, 0.25) is 0 Å². The fraction of sp³-hybridized carbons (Fsp3) is 0.350. The number of nitrogens with one attached hydrogen (secondary N) is 1. The SMILES string of the molecule is CCN(CC)[C@H](CNC(=O)c1ccccc1OC)c1ccccc1Cl. The van der Waals surface area contributed by atoms with E-state index < -0.39 is 0 Å². The number of nitrogens with zero attached hydrogens (tertiary/aromatic N) is 1. The van der Waals surface area contributed by atoms with E-state index in [0.717, 1.165) is 18.7 Å². The van der Waals surface area contributed by atoms with Crippen molar-refractivity contribution in [3.63, 3.8) is 0 Å². The summed E-state index contributed by atoms with van der Waals surface area (Å²) in [5, 5.41) is 3.74. The highest BCUT2D eigenvalue weighted by molar-refractivity contribution is 6.31. The molecule has 0 aliphatic rings. The molecule has 0 saturated carbocycles. The largest absolute Gasteiger partial charge is 0.496 e. The maximum Gasteiger partial charge on any atom is 0.255 e. The van der Waals surface area contributed by atoms with Crippen LogP contribution in [-0.4, -0.2) is 37.6 Å². The van der Waals surface area contributed by atoms with Gasteiger partial charge in [-0.1, -0.05) is 55.8 Å². The molecule has 134 valence electrons. The summed E-state index contributed by atoms with van der Waals surface area (Å²) in [6.07, 6.45) is 0. The van der Waals surface area contributed by atoms with Crippen LogP contribution in [0.15, 0.2) is 48.5 Å². The number of carbonyl (C=O) groups is 1. The van der Waals surface area contributed by atoms with Crippen LogP contribution in [0.2, 0.25) is 5.02 Å². The summed E-state index contributed by atoms with van der Waals surface area (Å²) in [4.78, 5) is 14.9. The lowest BCUT2D eigenvalue weighted by Crippen LogP contribution is -2.38. The van der Waals surface area contributed by atoms with Crippen LogP contribution in [0.3, 0.4) is 0 Å². The van der Waals surface area contributed by atoms with Crippen LogP contribution in [0.25, 0.3) is 0 Å². The first kappa shape index (κ1) is 19.3. The van der Waals surface area contributed by atoms with Gasteiger partial charge in [0.25, 0.3) is 5.91 Å². The van der Waals surface area contributed by atoms with Crippen molar-refractivity contribution in [2.24, 2.45) is 0 Å². The third-order valence-corrected chi connectivity index (χ3v) is 4.67. The second kappa shape index (κ2) is 9.44. The minimum atomic E-state index is -0.151. The molecule has 2 aromatic rings. The van der Waals surface area contributed by atoms with Gasteiger partial charge < -0.3 is 10.1 Å². The molecule has 0 heterocycles. The van der Waals surface area contributed by atoms with E-state index in [9.17, 15) is 4.79 Å². The maximum atomic E-state index is 12.6. The zero-order chi connectivity index (χ0) is 18.2. The molecule has 25 heavy (non-hydrogen) atoms. The van der Waals surface area contributed by atoms with Gasteiger partial charge in [0.1, 0.15) is 5.75 Å². The van der Waals surface area contributed by atoms with Gasteiger partial charge in [-0.05, 0) is 36.9 Å². The number of ether oxygens (including phenoxy) is 1. The number of hydrogen-bond donors (Lipinski definition) is 1. The Hall–Kier alpha value is -2.04. The third-order valence-electron chi connectivity index (χ3n) is 4.32. The molecular formula is C20H25ClN2O2. The van der Waals surface area contributed by atoms with Crippen molar-refractivity contribution in [3.05, 3.63) is 64.7 Å². The molecule has 0 aliphatic heterocycles. The number of likely N-dealkylation sites (N-methyl/N-ethyl adjacent to an activating group) is 1. The summed E-state index contributed by atoms with van der Waals surface area (Å²) in [6, 6.07) is 15.0. The van der Waals surface area contributed by atoms with Crippen molar-refractivity contribution in [2.45, 2.75) is 19.9 Å². The summed E-state index contributed by atoms with van der Waals surface area (Å²) in [6.45, 7) is 6.43. The Labute approximate surface area is 154 Å². The number of halogens is 1. The highest BCUT2D eigenvalue weighted by atomic mass is 35.5. The molecule has 5 heteroatoms. The number of amides is 1. The van der Waals surface area contributed by atoms with Crippen molar-refractivity contribution < 1.29 is 9.53 Å². The molecule has 0 saturated heterocycles. The molecule has 0 unspecified atom stereocenters. The molecule has 0 bridgehead atoms. The lowest BCUT2D eigenvalue weighted by molar-refractivity contribution is 0.0932. The number of hydrogen-bond acceptors (Lipinski definition) is 3. The Morgan fingerprint density at radius 1 is 1.12 bits per heavy atom. The van der Waals surface area contributed by atoms with E-state index in [-0.39, 0.29) is 11.9 Å². The number of para-hydroxylation sites is 1. The van der Waals surface area contributed by atoms with Gasteiger partial charge in [-0.2, -0.15) is 0 Å². The van der Waals surface area contributed by atoms with Crippen LogP contribution >= 0.6 is 11.6 Å². The molecule has 0 spiro atoms. The molecular weight excluding hydrogens is 336 g/mol. The molecule has 4 nitrogen and oxygen atoms in total. The Morgan fingerprint density at radius 2 is 1.76 bits per heavy atom. The average Bonchev–Trinajstić information content (AvgIpc) is 2.65. The standard InChI is InChI=1S/C20H25ClN2O2/c1-4-23(5-2)18(15-10-6-8-12-17(15)21)14-22-20(24)16-11-7-9-13-19(16)25-3/h6-13,18H,4-5,14H2,1-3H3,(H,22,24)/t18-/m1/s1. The van der Waals surface area contributed by atoms with Crippen LogP contribution in [0, 0.1) is 0 Å². The zero-order valence-electron chi connectivity index (χ0n) is 15.0. The highest BCUT2D eigenvalue weighted by Gasteiger charge is 2.22. The Morgan fingerprint density at radius 3 is 2.40 bits per heavy atom. The molecule has 0 aromatic heterocycles. The number of carbonyl (C=O) groups excluding carboxylic acids is 1. The number of rotatable bonds is 8. The summed E-state index contributed by atoms with van der Waals surface area (Å²) >= 11 is 6.40. The second-order valence-corrected chi connectivity index (χ2v) is 6.08. The quantitative estimate of drug-likeness (QED) is 0.768. The number of benzene rings is 2. The van der Waals surface area contributed by atoms with Crippen LogP contribution in [-0.2, 0) is 0 Å². The van der Waals surface area contributed by atoms with E-state index in [1.165, 1.54) is 0 Å². The smallest absolute Gasteiger partial charge is 0.255 e. The van der Waals surface area contributed by atoms with Gasteiger partial charge in [-0.25, -0.2) is 0 Å². The van der Waals surface area contributed by atoms with Gasteiger partial charge in [-0.3, -0.25) is 9.69 Å². The van der Waals surface area contributed by atoms with Crippen molar-refractivity contribution in [2.75, 3.05) is 26.7 Å². The molecule has 2 aromatic carbocycles. The predicted molar refractivity (Wildman–Crippen MR) is 102 cm³/mol. The first-order chi connectivity index (χ1) is 12.1. The molecule has 0 radical (unpaired) electrons. The number of methoxy groups -OCH3 is 1. The minimum absolute atomic E-state index is 0.0161. The van der Waals surface area contributed by atoms with Crippen molar-refractivity contribution >= 4 is 17.5 Å². The van der Waals surface area contributed by atoms with Gasteiger partial charge in [0, 0.05) is 11.6 Å². The fourth-order valence-corrected chi connectivity index (χ4v) is 3.22. The summed E-state index contributed by atoms with van der Waals surface area (Å²) in [7, 11) is 1.56. The van der Waals surface area contributed by atoms with Gasteiger partial charge >= 0.3 is 0 Å². The lowest BCUT2D eigenvalue weighted by Gasteiger charge is -2.31. The topological polar surface area (TPSA) is 41.6 Å². The van der Waals surface area contributed by atoms with E-state index in [1.54, 1.807) is 19.2 Å². The van der Waals surface area contributed by atoms with Crippen LogP contribution in [0.1, 0.15) is 35.8 Å². The third kappa shape index (κ3) is 4.74. The van der Waals surface area contributed by atoms with E-state index in [4.69, 9.17) is 16.3 Å². The van der Waals surface area contributed by atoms with E-state index in [0.29, 0.717) is 22.9 Å². The Bertz CT molecular complexity index is 702. The van der Waals surface area contributed by atoms with Crippen LogP contribution in [0.4, 0.5) is 0 Å². The van der Waals surface area contributed by atoms with Gasteiger partial charge in [-0.15, -0.1) is 0 Å². The lowest BCUT2D eigenvalue weighted by atomic mass is 10.0. The summed E-state index contributed by atoms with van der Waals surface area (Å²) in [5.41, 5.74) is 1.55. The van der Waals surface area contributed by atoms with Gasteiger partial charge in [0.15, 0.2) is 0 Å². The van der Waals surface area contributed by atoms with E-state index in [2.05, 4.69) is 24.1 Å². The van der Waals surface area contributed by atoms with E-state index >= 15 is 0 Å². The Kier molecular flexibility index (Phi) is 7.29. The molecule has 2 rings (SSSR count). The molecule has 0 aliphatic carbocycles. The predicted octanol–water partition coefficient (Wildman–Crippen LogP) is 4.16. The Balaban J connectivity index is 2.20. The maximum absolute atomic E-state index is 12.6.